The van der Waals surface area contributed by atoms with Crippen molar-refractivity contribution in [3.8, 4) is 5.75 Å². The van der Waals surface area contributed by atoms with Gasteiger partial charge in [0, 0.05) is 6.54 Å². The van der Waals surface area contributed by atoms with Crippen LogP contribution in [0.2, 0.25) is 0 Å². The number of aryl methyl sites for hydroxylation is 1. The van der Waals surface area contributed by atoms with Gasteiger partial charge in [0.15, 0.2) is 0 Å². The van der Waals surface area contributed by atoms with Gasteiger partial charge in [0.2, 0.25) is 5.91 Å². The average Bonchev–Trinajstić information content (AvgIpc) is 2.31. The minimum atomic E-state index is 0.0200. The third kappa shape index (κ3) is 4.44. The van der Waals surface area contributed by atoms with Gasteiger partial charge >= 0.3 is 0 Å². The summed E-state index contributed by atoms with van der Waals surface area (Å²) >= 11 is 0. The van der Waals surface area contributed by atoms with E-state index in [2.05, 4.69) is 16.7 Å². The number of hydrogen-bond acceptors (Lipinski definition) is 3. The molecule has 94 valence electrons. The van der Waals surface area contributed by atoms with E-state index < -0.39 is 0 Å². The average molecular weight is 236 g/mol. The predicted molar refractivity (Wildman–Crippen MR) is 68.4 cm³/mol. The Morgan fingerprint density at radius 3 is 2.82 bits per heavy atom. The van der Waals surface area contributed by atoms with Crippen molar-refractivity contribution in [1.29, 1.82) is 0 Å². The Balaban J connectivity index is 2.44. The molecule has 0 unspecified atom stereocenters. The van der Waals surface area contributed by atoms with Gasteiger partial charge in [-0.05, 0) is 37.6 Å². The van der Waals surface area contributed by atoms with Crippen LogP contribution in [0.15, 0.2) is 18.2 Å². The molecule has 0 aliphatic rings. The Morgan fingerprint density at radius 1 is 1.41 bits per heavy atom. The SMILES string of the molecule is CNCC(=O)NCCc1ccc(C)c(OC)c1. The first-order chi connectivity index (χ1) is 8.17. The molecule has 0 heterocycles. The summed E-state index contributed by atoms with van der Waals surface area (Å²) in [7, 11) is 3.42. The zero-order valence-electron chi connectivity index (χ0n) is 10.7. The maximum absolute atomic E-state index is 11.2. The van der Waals surface area contributed by atoms with Gasteiger partial charge in [-0.3, -0.25) is 4.79 Å². The minimum Gasteiger partial charge on any atom is -0.496 e. The van der Waals surface area contributed by atoms with E-state index in [9.17, 15) is 4.79 Å². The first kappa shape index (κ1) is 13.5. The summed E-state index contributed by atoms with van der Waals surface area (Å²) in [5.74, 6) is 0.913. The summed E-state index contributed by atoms with van der Waals surface area (Å²) in [5, 5.41) is 5.65. The predicted octanol–water partition coefficient (Wildman–Crippen LogP) is 0.882. The van der Waals surface area contributed by atoms with Crippen molar-refractivity contribution >= 4 is 5.91 Å². The van der Waals surface area contributed by atoms with Crippen molar-refractivity contribution in [2.45, 2.75) is 13.3 Å². The van der Waals surface area contributed by atoms with Gasteiger partial charge in [-0.1, -0.05) is 12.1 Å². The summed E-state index contributed by atoms with van der Waals surface area (Å²) in [6.45, 7) is 3.02. The molecule has 1 aromatic rings. The number of likely N-dealkylation sites (N-methyl/N-ethyl adjacent to an activating group) is 1. The number of carbonyl (C=O) groups excluding carboxylic acids is 1. The van der Waals surface area contributed by atoms with Crippen molar-refractivity contribution in [1.82, 2.24) is 10.6 Å². The van der Waals surface area contributed by atoms with Gasteiger partial charge < -0.3 is 15.4 Å². The van der Waals surface area contributed by atoms with Crippen LogP contribution in [0.3, 0.4) is 0 Å². The van der Waals surface area contributed by atoms with Crippen molar-refractivity contribution in [3.63, 3.8) is 0 Å². The second-order valence-corrected chi connectivity index (χ2v) is 3.93. The Hall–Kier alpha value is -1.55. The quantitative estimate of drug-likeness (QED) is 0.771. The number of amides is 1. The van der Waals surface area contributed by atoms with Crippen LogP contribution in [0.4, 0.5) is 0 Å². The molecule has 0 saturated carbocycles. The largest absolute Gasteiger partial charge is 0.496 e. The van der Waals surface area contributed by atoms with Gasteiger partial charge in [0.1, 0.15) is 5.75 Å². The lowest BCUT2D eigenvalue weighted by atomic mass is 10.1. The molecule has 0 aliphatic heterocycles. The molecule has 4 heteroatoms. The monoisotopic (exact) mass is 236 g/mol. The molecule has 17 heavy (non-hydrogen) atoms. The second-order valence-electron chi connectivity index (χ2n) is 3.93. The number of hydrogen-bond donors (Lipinski definition) is 2. The molecule has 1 amide bonds. The van der Waals surface area contributed by atoms with Gasteiger partial charge in [-0.15, -0.1) is 0 Å². The van der Waals surface area contributed by atoms with Crippen LogP contribution in [0, 0.1) is 6.92 Å². The highest BCUT2D eigenvalue weighted by atomic mass is 16.5. The van der Waals surface area contributed by atoms with Gasteiger partial charge in [-0.25, -0.2) is 0 Å². The molecule has 0 radical (unpaired) electrons. The van der Waals surface area contributed by atoms with Gasteiger partial charge in [-0.2, -0.15) is 0 Å². The number of benzene rings is 1. The molecule has 0 spiro atoms. The molecule has 0 bridgehead atoms. The highest BCUT2D eigenvalue weighted by molar-refractivity contribution is 5.77. The molecular weight excluding hydrogens is 216 g/mol. The Labute approximate surface area is 102 Å². The van der Waals surface area contributed by atoms with Crippen LogP contribution in [-0.4, -0.2) is 33.2 Å². The van der Waals surface area contributed by atoms with Gasteiger partial charge in [0.25, 0.3) is 0 Å². The zero-order chi connectivity index (χ0) is 12.7. The van der Waals surface area contributed by atoms with Gasteiger partial charge in [0.05, 0.1) is 13.7 Å². The fraction of sp³-hybridized carbons (Fsp3) is 0.462. The van der Waals surface area contributed by atoms with Crippen LogP contribution >= 0.6 is 0 Å². The lowest BCUT2D eigenvalue weighted by molar-refractivity contribution is -0.120. The number of carbonyl (C=O) groups is 1. The molecule has 0 aliphatic carbocycles. The maximum atomic E-state index is 11.2. The molecular formula is C13H20N2O2. The third-order valence-corrected chi connectivity index (χ3v) is 2.55. The normalized spacial score (nSPS) is 10.1. The molecule has 2 N–H and O–H groups in total. The highest BCUT2D eigenvalue weighted by Crippen LogP contribution is 2.18. The van der Waals surface area contributed by atoms with Crippen LogP contribution in [0.5, 0.6) is 5.75 Å². The summed E-state index contributed by atoms with van der Waals surface area (Å²) in [6.07, 6.45) is 0.812. The first-order valence-electron chi connectivity index (χ1n) is 5.72. The van der Waals surface area contributed by atoms with Crippen LogP contribution < -0.4 is 15.4 Å². The molecule has 0 aromatic heterocycles. The molecule has 4 nitrogen and oxygen atoms in total. The van der Waals surface area contributed by atoms with Crippen molar-refractivity contribution in [2.75, 3.05) is 27.2 Å². The van der Waals surface area contributed by atoms with E-state index in [1.54, 1.807) is 14.2 Å². The van der Waals surface area contributed by atoms with Crippen LogP contribution in [0.1, 0.15) is 11.1 Å². The lowest BCUT2D eigenvalue weighted by Crippen LogP contribution is -2.33. The van der Waals surface area contributed by atoms with E-state index in [0.29, 0.717) is 13.1 Å². The van der Waals surface area contributed by atoms with Crippen LogP contribution in [-0.2, 0) is 11.2 Å². The lowest BCUT2D eigenvalue weighted by Gasteiger charge is -2.08. The standard InChI is InChI=1S/C13H20N2O2/c1-10-4-5-11(8-12(10)17-3)6-7-15-13(16)9-14-2/h4-5,8,14H,6-7,9H2,1-3H3,(H,15,16). The van der Waals surface area contributed by atoms with Crippen molar-refractivity contribution in [3.05, 3.63) is 29.3 Å². The fourth-order valence-electron chi connectivity index (χ4n) is 1.59. The molecule has 1 rings (SSSR count). The molecule has 0 saturated heterocycles. The van der Waals surface area contributed by atoms with E-state index in [0.717, 1.165) is 23.3 Å². The van der Waals surface area contributed by atoms with E-state index >= 15 is 0 Å². The number of nitrogens with one attached hydrogen (secondary N) is 2. The summed E-state index contributed by atoms with van der Waals surface area (Å²) in [5.41, 5.74) is 2.28. The molecule has 1 aromatic carbocycles. The van der Waals surface area contributed by atoms with Crippen molar-refractivity contribution in [2.24, 2.45) is 0 Å². The molecule has 0 atom stereocenters. The molecule has 0 fully saturated rings. The second kappa shape index (κ2) is 6.91. The number of ether oxygens (including phenoxy) is 1. The zero-order valence-corrected chi connectivity index (χ0v) is 10.7. The Bertz CT molecular complexity index is 378. The number of rotatable bonds is 6. The smallest absolute Gasteiger partial charge is 0.233 e. The summed E-state index contributed by atoms with van der Waals surface area (Å²) < 4.78 is 5.25. The van der Waals surface area contributed by atoms with E-state index in [1.807, 2.05) is 19.1 Å². The summed E-state index contributed by atoms with van der Waals surface area (Å²) in [6, 6.07) is 6.10. The first-order valence-corrected chi connectivity index (χ1v) is 5.72. The number of methoxy groups -OCH3 is 1. The fourth-order valence-corrected chi connectivity index (χ4v) is 1.59. The highest BCUT2D eigenvalue weighted by Gasteiger charge is 2.02. The Kier molecular flexibility index (Phi) is 5.49. The summed E-state index contributed by atoms with van der Waals surface area (Å²) in [4.78, 5) is 11.2. The minimum absolute atomic E-state index is 0.0200. The van der Waals surface area contributed by atoms with Crippen molar-refractivity contribution < 1.29 is 9.53 Å². The van der Waals surface area contributed by atoms with E-state index in [4.69, 9.17) is 4.74 Å². The van der Waals surface area contributed by atoms with E-state index in [-0.39, 0.29) is 5.91 Å². The van der Waals surface area contributed by atoms with E-state index in [1.165, 1.54) is 0 Å². The third-order valence-electron chi connectivity index (χ3n) is 2.55. The topological polar surface area (TPSA) is 50.4 Å². The van der Waals surface area contributed by atoms with Crippen LogP contribution in [0.25, 0.3) is 0 Å². The maximum Gasteiger partial charge on any atom is 0.233 e. The Morgan fingerprint density at radius 2 is 2.18 bits per heavy atom.